The lowest BCUT2D eigenvalue weighted by molar-refractivity contribution is -0.0516. The van der Waals surface area contributed by atoms with E-state index in [1.54, 1.807) is 18.5 Å². The van der Waals surface area contributed by atoms with Gasteiger partial charge in [0.15, 0.2) is 5.82 Å². The van der Waals surface area contributed by atoms with Gasteiger partial charge >= 0.3 is 0 Å². The topological polar surface area (TPSA) is 103 Å². The molecule has 0 aliphatic carbocycles. The fourth-order valence-corrected chi connectivity index (χ4v) is 4.56. The lowest BCUT2D eigenvalue weighted by Crippen LogP contribution is -2.46. The van der Waals surface area contributed by atoms with Crippen LogP contribution in [0.25, 0.3) is 22.3 Å². The van der Waals surface area contributed by atoms with Gasteiger partial charge < -0.3 is 15.1 Å². The molecule has 4 heterocycles. The molecule has 0 amide bonds. The normalized spacial score (nSPS) is 15.8. The Labute approximate surface area is 219 Å². The molecule has 4 aromatic rings. The van der Waals surface area contributed by atoms with Gasteiger partial charge in [0.05, 0.1) is 29.2 Å². The minimum Gasteiger partial charge on any atom is -0.387 e. The summed E-state index contributed by atoms with van der Waals surface area (Å²) in [6, 6.07) is 5.33. The fraction of sp³-hybridized carbons (Fsp3) is 0.407. The average molecular weight is 524 g/mol. The molecule has 1 aliphatic heterocycles. The first-order valence-electron chi connectivity index (χ1n) is 12.6. The third-order valence-electron chi connectivity index (χ3n) is 6.81. The van der Waals surface area contributed by atoms with E-state index in [-0.39, 0.29) is 0 Å². The highest BCUT2D eigenvalue weighted by molar-refractivity contribution is 5.83. The zero-order valence-electron chi connectivity index (χ0n) is 21.6. The molecule has 38 heavy (non-hydrogen) atoms. The maximum Gasteiger partial charge on any atom is 0.156 e. The SMILES string of the molecule is CCn1cc(-c2nc3cnc([C@H](O)C(C)(C)O)cc3nc2N2CCN(Cc3ccc(F)cc3F)CC2)cn1. The van der Waals surface area contributed by atoms with Crippen LogP contribution in [0.15, 0.2) is 42.9 Å². The van der Waals surface area contributed by atoms with Crippen molar-refractivity contribution in [1.82, 2.24) is 29.6 Å². The lowest BCUT2D eigenvalue weighted by Gasteiger charge is -2.36. The van der Waals surface area contributed by atoms with E-state index in [1.165, 1.54) is 26.0 Å². The van der Waals surface area contributed by atoms with Gasteiger partial charge in [0, 0.05) is 62.7 Å². The van der Waals surface area contributed by atoms with Crippen LogP contribution < -0.4 is 4.90 Å². The molecule has 3 aromatic heterocycles. The molecule has 1 atom stereocenters. The number of aliphatic hydroxyl groups is 2. The minimum atomic E-state index is -1.37. The number of hydrogen-bond donors (Lipinski definition) is 2. The van der Waals surface area contributed by atoms with Crippen LogP contribution in [-0.2, 0) is 13.1 Å². The molecule has 0 spiro atoms. The number of halogens is 2. The molecule has 9 nitrogen and oxygen atoms in total. The smallest absolute Gasteiger partial charge is 0.156 e. The van der Waals surface area contributed by atoms with Gasteiger partial charge in [0.1, 0.15) is 28.9 Å². The van der Waals surface area contributed by atoms with E-state index in [0.717, 1.165) is 11.6 Å². The van der Waals surface area contributed by atoms with Gasteiger partial charge in [0.25, 0.3) is 0 Å². The minimum absolute atomic E-state index is 0.308. The summed E-state index contributed by atoms with van der Waals surface area (Å²) in [5, 5.41) is 25.2. The fourth-order valence-electron chi connectivity index (χ4n) is 4.56. The maximum absolute atomic E-state index is 14.2. The van der Waals surface area contributed by atoms with E-state index < -0.39 is 23.3 Å². The van der Waals surface area contributed by atoms with E-state index >= 15 is 0 Å². The molecule has 5 rings (SSSR count). The van der Waals surface area contributed by atoms with Crippen molar-refractivity contribution in [2.75, 3.05) is 31.1 Å². The van der Waals surface area contributed by atoms with E-state index in [0.29, 0.717) is 73.1 Å². The summed E-state index contributed by atoms with van der Waals surface area (Å²) in [5.41, 5.74) is 2.01. The lowest BCUT2D eigenvalue weighted by atomic mass is 9.98. The summed E-state index contributed by atoms with van der Waals surface area (Å²) in [5.74, 6) is -0.449. The molecular formula is C27H31F2N7O2. The van der Waals surface area contributed by atoms with Crippen LogP contribution in [-0.4, -0.2) is 71.6 Å². The molecular weight excluding hydrogens is 492 g/mol. The van der Waals surface area contributed by atoms with E-state index in [4.69, 9.17) is 9.97 Å². The van der Waals surface area contributed by atoms with Crippen LogP contribution in [0.2, 0.25) is 0 Å². The van der Waals surface area contributed by atoms with Crippen molar-refractivity contribution >= 4 is 16.9 Å². The summed E-state index contributed by atoms with van der Waals surface area (Å²) in [7, 11) is 0. The second-order valence-corrected chi connectivity index (χ2v) is 10.1. The first-order chi connectivity index (χ1) is 18.1. The summed E-state index contributed by atoms with van der Waals surface area (Å²) in [6.07, 6.45) is 4.05. The number of hydrogen-bond acceptors (Lipinski definition) is 8. The number of anilines is 1. The standard InChI is InChI=1S/C27H31F2N7O2/c1-4-36-16-18(13-31-36)24-26(33-21-12-22(25(37)27(2,3)38)30-14-23(21)32-24)35-9-7-34(8-10-35)15-17-5-6-19(28)11-20(17)29/h5-6,11-14,16,25,37-38H,4,7-10,15H2,1-3H3/t25-/m0/s1. The maximum atomic E-state index is 14.2. The number of aromatic nitrogens is 5. The predicted octanol–water partition coefficient (Wildman–Crippen LogP) is 3.31. The number of pyridine rings is 1. The summed E-state index contributed by atoms with van der Waals surface area (Å²) in [6.45, 7) is 8.72. The van der Waals surface area contributed by atoms with Crippen LogP contribution in [0.4, 0.5) is 14.6 Å². The van der Waals surface area contributed by atoms with E-state index in [9.17, 15) is 19.0 Å². The van der Waals surface area contributed by atoms with E-state index in [1.807, 2.05) is 17.8 Å². The third kappa shape index (κ3) is 5.35. The van der Waals surface area contributed by atoms with Crippen molar-refractivity contribution in [2.45, 2.75) is 45.6 Å². The molecule has 1 aromatic carbocycles. The number of benzene rings is 1. The number of nitrogens with zero attached hydrogens (tertiary/aromatic N) is 7. The molecule has 0 bridgehead atoms. The van der Waals surface area contributed by atoms with Crippen LogP contribution in [0.3, 0.4) is 0 Å². The van der Waals surface area contributed by atoms with Gasteiger partial charge in [0.2, 0.25) is 0 Å². The summed E-state index contributed by atoms with van der Waals surface area (Å²) < 4.78 is 29.3. The predicted molar refractivity (Wildman–Crippen MR) is 139 cm³/mol. The largest absolute Gasteiger partial charge is 0.387 e. The van der Waals surface area contributed by atoms with Gasteiger partial charge in [-0.15, -0.1) is 0 Å². The van der Waals surface area contributed by atoms with E-state index in [2.05, 4.69) is 19.9 Å². The molecule has 11 heteroatoms. The molecule has 2 N–H and O–H groups in total. The van der Waals surface area contributed by atoms with Crippen LogP contribution in [0, 0.1) is 11.6 Å². The van der Waals surface area contributed by atoms with Crippen molar-refractivity contribution in [2.24, 2.45) is 0 Å². The van der Waals surface area contributed by atoms with Gasteiger partial charge in [-0.25, -0.2) is 18.7 Å². The molecule has 0 saturated carbocycles. The Morgan fingerprint density at radius 1 is 1.03 bits per heavy atom. The van der Waals surface area contributed by atoms with Crippen molar-refractivity contribution in [1.29, 1.82) is 0 Å². The monoisotopic (exact) mass is 523 g/mol. The van der Waals surface area contributed by atoms with Crippen LogP contribution in [0.5, 0.6) is 0 Å². The Morgan fingerprint density at radius 2 is 1.79 bits per heavy atom. The van der Waals surface area contributed by atoms with Gasteiger partial charge in [-0.05, 0) is 32.9 Å². The number of aryl methyl sites for hydroxylation is 1. The van der Waals surface area contributed by atoms with Gasteiger partial charge in [-0.3, -0.25) is 14.6 Å². The zero-order valence-corrected chi connectivity index (χ0v) is 21.6. The number of piperazine rings is 1. The first kappa shape index (κ1) is 26.1. The second-order valence-electron chi connectivity index (χ2n) is 10.1. The Morgan fingerprint density at radius 3 is 2.45 bits per heavy atom. The molecule has 1 fully saturated rings. The van der Waals surface area contributed by atoms with Crippen molar-refractivity contribution < 1.29 is 19.0 Å². The van der Waals surface area contributed by atoms with Crippen LogP contribution >= 0.6 is 0 Å². The van der Waals surface area contributed by atoms with Crippen molar-refractivity contribution in [3.63, 3.8) is 0 Å². The Bertz CT molecular complexity index is 1450. The summed E-state index contributed by atoms with van der Waals surface area (Å²) in [4.78, 5) is 18.4. The Kier molecular flexibility index (Phi) is 7.08. The van der Waals surface area contributed by atoms with Crippen molar-refractivity contribution in [3.8, 4) is 11.3 Å². The van der Waals surface area contributed by atoms with Gasteiger partial charge in [-0.1, -0.05) is 6.07 Å². The molecule has 1 saturated heterocycles. The Balaban J connectivity index is 1.46. The molecule has 0 unspecified atom stereocenters. The first-order valence-corrected chi connectivity index (χ1v) is 12.6. The second kappa shape index (κ2) is 10.3. The Hall–Kier alpha value is -3.54. The highest BCUT2D eigenvalue weighted by atomic mass is 19.1. The number of aliphatic hydroxyl groups excluding tert-OH is 1. The molecule has 0 radical (unpaired) electrons. The molecule has 200 valence electrons. The average Bonchev–Trinajstić information content (AvgIpc) is 3.38. The van der Waals surface area contributed by atoms with Crippen molar-refractivity contribution in [3.05, 3.63) is 65.7 Å². The third-order valence-corrected chi connectivity index (χ3v) is 6.81. The van der Waals surface area contributed by atoms with Crippen LogP contribution in [0.1, 0.15) is 38.1 Å². The highest BCUT2D eigenvalue weighted by Crippen LogP contribution is 2.32. The quantitative estimate of drug-likeness (QED) is 0.380. The number of rotatable bonds is 7. The highest BCUT2D eigenvalue weighted by Gasteiger charge is 2.29. The molecule has 1 aliphatic rings. The number of fused-ring (bicyclic) bond motifs is 1. The van der Waals surface area contributed by atoms with Gasteiger partial charge in [-0.2, -0.15) is 5.10 Å². The summed E-state index contributed by atoms with van der Waals surface area (Å²) >= 11 is 0. The zero-order chi connectivity index (χ0) is 27.0.